The first kappa shape index (κ1) is 70.5. The van der Waals surface area contributed by atoms with Crippen LogP contribution < -0.4 is 0 Å². The average Bonchev–Trinajstić information content (AvgIpc) is 1.51. The fourth-order valence-electron chi connectivity index (χ4n) is 23.8. The Hall–Kier alpha value is -14.6. The van der Waals surface area contributed by atoms with Crippen LogP contribution in [0.3, 0.4) is 0 Å². The van der Waals surface area contributed by atoms with Crippen LogP contribution in [-0.4, -0.2) is 0 Å². The van der Waals surface area contributed by atoms with Crippen molar-refractivity contribution in [3.05, 3.63) is 456 Å². The van der Waals surface area contributed by atoms with Gasteiger partial charge in [-0.05, 0) is 278 Å². The summed E-state index contributed by atoms with van der Waals surface area (Å²) in [6.07, 6.45) is 0. The molecule has 0 aliphatic heterocycles. The molecular formula is C122H84. The summed E-state index contributed by atoms with van der Waals surface area (Å²) in [4.78, 5) is 0. The molecule has 1 spiro atoms. The van der Waals surface area contributed by atoms with Crippen LogP contribution in [0.15, 0.2) is 400 Å². The minimum atomic E-state index is -0.402. The Morgan fingerprint density at radius 3 is 0.861 bits per heavy atom. The second-order valence-electron chi connectivity index (χ2n) is 36.2. The SMILES string of the molecule is CC1(C)c2cccc(-c3cccc(-c4c5ccccc5c(-c5cc6c(c7ccccc57)-c5ccccc5C6(C)C)c5ccccc45)c3)c2-c2c1ccc1ccccc21.CC1(C)c2cccc(-c3cccc(-c4c5ccccc5c(-c5ccc6c(c5)C5(c7ccccc7-c7ccccc75)c5ccccc5-6)c5ccccc45)c3)c2-c2c1ccc1ccccc21. The van der Waals surface area contributed by atoms with Gasteiger partial charge in [0.05, 0.1) is 5.41 Å². The Labute approximate surface area is 712 Å². The van der Waals surface area contributed by atoms with E-state index in [0.717, 1.165) is 0 Å². The molecule has 0 fully saturated rings. The Balaban J connectivity index is 0.000000135. The number of fused-ring (bicyclic) bond motifs is 29. The minimum Gasteiger partial charge on any atom is -0.0619 e. The summed E-state index contributed by atoms with van der Waals surface area (Å²) in [5, 5.41) is 18.0. The zero-order chi connectivity index (χ0) is 81.2. The van der Waals surface area contributed by atoms with Crippen molar-refractivity contribution in [2.75, 3.05) is 0 Å². The van der Waals surface area contributed by atoms with E-state index in [1.165, 1.54) is 253 Å². The predicted molar refractivity (Wildman–Crippen MR) is 517 cm³/mol. The summed E-state index contributed by atoms with van der Waals surface area (Å²) in [5.41, 5.74) is 41.9. The first-order valence-corrected chi connectivity index (χ1v) is 43.4. The van der Waals surface area contributed by atoms with Crippen molar-refractivity contribution in [1.82, 2.24) is 0 Å². The third-order valence-electron chi connectivity index (χ3n) is 29.1. The summed E-state index contributed by atoms with van der Waals surface area (Å²) in [5.74, 6) is 0. The summed E-state index contributed by atoms with van der Waals surface area (Å²) in [6, 6.07) is 151. The number of hydrogen-bond donors (Lipinski definition) is 0. The van der Waals surface area contributed by atoms with Gasteiger partial charge in [0.25, 0.3) is 0 Å². The molecule has 0 amide bonds. The van der Waals surface area contributed by atoms with Crippen molar-refractivity contribution in [2.45, 2.75) is 63.2 Å². The summed E-state index contributed by atoms with van der Waals surface area (Å²) in [7, 11) is 0. The van der Waals surface area contributed by atoms with E-state index in [4.69, 9.17) is 0 Å². The Morgan fingerprint density at radius 2 is 0.426 bits per heavy atom. The third kappa shape index (κ3) is 9.64. The predicted octanol–water partition coefficient (Wildman–Crippen LogP) is 32.7. The van der Waals surface area contributed by atoms with Crippen LogP contribution in [0.1, 0.15) is 97.2 Å². The van der Waals surface area contributed by atoms with E-state index >= 15 is 0 Å². The van der Waals surface area contributed by atoms with Crippen LogP contribution in [0.2, 0.25) is 0 Å². The maximum atomic E-state index is 2.54. The largest absolute Gasteiger partial charge is 0.0725 e. The lowest BCUT2D eigenvalue weighted by Gasteiger charge is -2.30. The maximum absolute atomic E-state index is 2.54. The normalized spacial score (nSPS) is 14.4. The van der Waals surface area contributed by atoms with Crippen LogP contribution in [0.25, 0.3) is 198 Å². The molecule has 5 aliphatic rings. The van der Waals surface area contributed by atoms with Gasteiger partial charge in [-0.1, -0.05) is 418 Å². The zero-order valence-electron chi connectivity index (χ0n) is 69.1. The van der Waals surface area contributed by atoms with E-state index in [9.17, 15) is 0 Å². The van der Waals surface area contributed by atoms with Gasteiger partial charge in [0, 0.05) is 16.2 Å². The first-order valence-electron chi connectivity index (χ1n) is 43.4. The molecule has 0 atom stereocenters. The smallest absolute Gasteiger partial charge is 0.0619 e. The zero-order valence-corrected chi connectivity index (χ0v) is 69.1. The van der Waals surface area contributed by atoms with Crippen molar-refractivity contribution in [1.29, 1.82) is 0 Å². The summed E-state index contributed by atoms with van der Waals surface area (Å²) >= 11 is 0. The topological polar surface area (TPSA) is 0 Å². The van der Waals surface area contributed by atoms with Crippen LogP contribution in [-0.2, 0) is 21.7 Å². The average molecular weight is 1550 g/mol. The highest BCUT2D eigenvalue weighted by atomic mass is 14.5. The molecule has 26 rings (SSSR count). The molecule has 0 nitrogen and oxygen atoms in total. The lowest BCUT2D eigenvalue weighted by molar-refractivity contribution is 0.661. The number of rotatable bonds is 6. The molecule has 0 bridgehead atoms. The van der Waals surface area contributed by atoms with Crippen molar-refractivity contribution in [3.8, 4) is 122 Å². The molecule has 5 aliphatic carbocycles. The summed E-state index contributed by atoms with van der Waals surface area (Å²) in [6.45, 7) is 14.3. The van der Waals surface area contributed by atoms with E-state index in [2.05, 4.69) is 442 Å². The molecule has 0 N–H and O–H groups in total. The van der Waals surface area contributed by atoms with E-state index in [1.807, 2.05) is 0 Å². The van der Waals surface area contributed by atoms with Gasteiger partial charge in [-0.25, -0.2) is 0 Å². The van der Waals surface area contributed by atoms with Crippen LogP contribution in [0.4, 0.5) is 0 Å². The van der Waals surface area contributed by atoms with E-state index in [0.29, 0.717) is 0 Å². The van der Waals surface area contributed by atoms with Gasteiger partial charge in [0.15, 0.2) is 0 Å². The molecule has 0 unspecified atom stereocenters. The number of hydrogen-bond acceptors (Lipinski definition) is 0. The van der Waals surface area contributed by atoms with E-state index < -0.39 is 5.41 Å². The molecule has 21 aromatic carbocycles. The highest BCUT2D eigenvalue weighted by molar-refractivity contribution is 6.26. The fraction of sp³-hybridized carbons (Fsp3) is 0.0820. The van der Waals surface area contributed by atoms with Crippen LogP contribution >= 0.6 is 0 Å². The molecule has 0 saturated heterocycles. The third-order valence-corrected chi connectivity index (χ3v) is 29.1. The van der Waals surface area contributed by atoms with Gasteiger partial charge in [0.1, 0.15) is 0 Å². The van der Waals surface area contributed by atoms with Crippen LogP contribution in [0.5, 0.6) is 0 Å². The lowest BCUT2D eigenvalue weighted by Crippen LogP contribution is -2.25. The van der Waals surface area contributed by atoms with Gasteiger partial charge in [-0.3, -0.25) is 0 Å². The quantitative estimate of drug-likeness (QED) is 0.146. The molecular weight excluding hydrogens is 1470 g/mol. The van der Waals surface area contributed by atoms with E-state index in [-0.39, 0.29) is 16.2 Å². The van der Waals surface area contributed by atoms with Crippen molar-refractivity contribution < 1.29 is 0 Å². The standard InChI is InChI=1S/C64H42.C58H42/c1-63(2)56-32-16-28-44(62(56)61-43-20-4-3-17-39(43)34-36-57(61)63)40-18-15-19-41(37-40)59-49-24-5-7-26-51(49)60(52-27-8-6-25-50(52)59)42-33-35-48-47-23-11-14-31-55(47)64(58(48)38-42)53-29-12-9-21-45(53)46-22-10-13-30-54(46)64;1-57(2)48-29-14-13-27-46(48)54-41-22-8-7-21-40(41)47(34-51(54)57)53-44-25-11-9-23-42(44)52(43-24-10-12-26-45(43)53)37-19-15-18-36(33-37)39-28-16-30-49-56(39)55-38-20-6-5-17-35(38)31-32-50(55)58(49,3)4/h3-38H,1-2H3;5-34H,1-4H3. The Kier molecular flexibility index (Phi) is 15.0. The first-order chi connectivity index (χ1) is 59.8. The molecule has 0 heteroatoms. The highest BCUT2D eigenvalue weighted by Gasteiger charge is 2.52. The second kappa shape index (κ2) is 26.0. The van der Waals surface area contributed by atoms with Gasteiger partial charge in [0.2, 0.25) is 0 Å². The van der Waals surface area contributed by atoms with Crippen molar-refractivity contribution in [3.63, 3.8) is 0 Å². The van der Waals surface area contributed by atoms with E-state index in [1.54, 1.807) is 0 Å². The van der Waals surface area contributed by atoms with Gasteiger partial charge in [-0.15, -0.1) is 0 Å². The maximum Gasteiger partial charge on any atom is 0.0725 e. The molecule has 0 radical (unpaired) electrons. The van der Waals surface area contributed by atoms with Crippen molar-refractivity contribution in [2.24, 2.45) is 0 Å². The summed E-state index contributed by atoms with van der Waals surface area (Å²) < 4.78 is 0. The second-order valence-corrected chi connectivity index (χ2v) is 36.2. The van der Waals surface area contributed by atoms with Crippen LogP contribution in [0, 0.1) is 0 Å². The van der Waals surface area contributed by atoms with Gasteiger partial charge in [-0.2, -0.15) is 0 Å². The molecule has 572 valence electrons. The van der Waals surface area contributed by atoms with Gasteiger partial charge < -0.3 is 0 Å². The fourth-order valence-corrected chi connectivity index (χ4v) is 23.8. The molecule has 0 aromatic heterocycles. The highest BCUT2D eigenvalue weighted by Crippen LogP contribution is 2.65. The molecule has 0 heterocycles. The van der Waals surface area contributed by atoms with Crippen molar-refractivity contribution >= 4 is 75.4 Å². The monoisotopic (exact) mass is 1550 g/mol. The van der Waals surface area contributed by atoms with Gasteiger partial charge >= 0.3 is 0 Å². The lowest BCUT2D eigenvalue weighted by atomic mass is 9.70. The minimum absolute atomic E-state index is 0.0930. The molecule has 0 saturated carbocycles. The Morgan fingerprint density at radius 1 is 0.131 bits per heavy atom. The molecule has 122 heavy (non-hydrogen) atoms. The number of benzene rings is 21. The Bertz CT molecular complexity index is 7990. The molecule has 21 aromatic rings.